The Hall–Kier alpha value is -3.14. The SMILES string of the molecule is CCCCCCCCOc1cc2oc3cc4c(cc3c2cc1OCCCCCCCC)oc1ccccc14. The Bertz CT molecular complexity index is 1460. The standard InChI is InChI=1S/C34H42O4/c1-3-5-7-9-11-15-19-35-33-23-28-27-22-30-26(25-17-13-14-18-29(25)37-30)21-31(27)38-32(28)24-34(33)36-20-16-12-10-8-6-4-2/h13-14,17-18,21-24H,3-12,15-16,19-20H2,1-2H3. The fourth-order valence-electron chi connectivity index (χ4n) is 5.36. The first-order valence-corrected chi connectivity index (χ1v) is 14.9. The monoisotopic (exact) mass is 514 g/mol. The predicted octanol–water partition coefficient (Wildman–Crippen LogP) is 11.0. The summed E-state index contributed by atoms with van der Waals surface area (Å²) in [4.78, 5) is 0. The summed E-state index contributed by atoms with van der Waals surface area (Å²) in [5.74, 6) is 1.59. The van der Waals surface area contributed by atoms with Crippen LogP contribution < -0.4 is 9.47 Å². The average molecular weight is 515 g/mol. The van der Waals surface area contributed by atoms with E-state index in [1.165, 1.54) is 64.2 Å². The summed E-state index contributed by atoms with van der Waals surface area (Å²) in [5.41, 5.74) is 3.45. The topological polar surface area (TPSA) is 44.7 Å². The first-order valence-electron chi connectivity index (χ1n) is 14.9. The van der Waals surface area contributed by atoms with Crippen molar-refractivity contribution in [1.82, 2.24) is 0 Å². The molecule has 0 saturated heterocycles. The van der Waals surface area contributed by atoms with Crippen molar-refractivity contribution >= 4 is 43.9 Å². The molecule has 0 radical (unpaired) electrons. The van der Waals surface area contributed by atoms with Gasteiger partial charge in [0, 0.05) is 27.6 Å². The first-order chi connectivity index (χ1) is 18.8. The number of hydrogen-bond acceptors (Lipinski definition) is 4. The zero-order valence-corrected chi connectivity index (χ0v) is 23.2. The lowest BCUT2D eigenvalue weighted by molar-refractivity contribution is 0.259. The van der Waals surface area contributed by atoms with Gasteiger partial charge >= 0.3 is 0 Å². The number of hydrogen-bond donors (Lipinski definition) is 0. The summed E-state index contributed by atoms with van der Waals surface area (Å²) in [7, 11) is 0. The van der Waals surface area contributed by atoms with E-state index in [-0.39, 0.29) is 0 Å². The molecule has 38 heavy (non-hydrogen) atoms. The molecule has 5 rings (SSSR count). The molecular formula is C34H42O4. The van der Waals surface area contributed by atoms with E-state index in [4.69, 9.17) is 18.3 Å². The van der Waals surface area contributed by atoms with Gasteiger partial charge in [0.15, 0.2) is 11.5 Å². The van der Waals surface area contributed by atoms with Gasteiger partial charge in [-0.25, -0.2) is 0 Å². The maximum Gasteiger partial charge on any atom is 0.164 e. The number of para-hydroxylation sites is 1. The van der Waals surface area contributed by atoms with E-state index in [0.717, 1.165) is 68.2 Å². The van der Waals surface area contributed by atoms with Crippen LogP contribution >= 0.6 is 0 Å². The molecule has 0 aliphatic carbocycles. The summed E-state index contributed by atoms with van der Waals surface area (Å²) >= 11 is 0. The molecule has 5 aromatic rings. The highest BCUT2D eigenvalue weighted by Crippen LogP contribution is 2.41. The molecule has 0 saturated carbocycles. The quantitative estimate of drug-likeness (QED) is 0.123. The fraction of sp³-hybridized carbons (Fsp3) is 0.471. The molecule has 3 aromatic carbocycles. The van der Waals surface area contributed by atoms with Crippen molar-refractivity contribution in [3.8, 4) is 11.5 Å². The molecule has 0 amide bonds. The molecular weight excluding hydrogens is 472 g/mol. The molecule has 0 aliphatic heterocycles. The third kappa shape index (κ3) is 6.11. The number of furan rings is 2. The van der Waals surface area contributed by atoms with E-state index < -0.39 is 0 Å². The second kappa shape index (κ2) is 13.1. The smallest absolute Gasteiger partial charge is 0.164 e. The Labute approximate surface area is 226 Å². The van der Waals surface area contributed by atoms with Crippen molar-refractivity contribution in [1.29, 1.82) is 0 Å². The third-order valence-corrected chi connectivity index (χ3v) is 7.55. The third-order valence-electron chi connectivity index (χ3n) is 7.55. The largest absolute Gasteiger partial charge is 0.490 e. The van der Waals surface area contributed by atoms with E-state index in [1.807, 2.05) is 24.3 Å². The number of unbranched alkanes of at least 4 members (excludes halogenated alkanes) is 10. The lowest BCUT2D eigenvalue weighted by Crippen LogP contribution is -2.03. The highest BCUT2D eigenvalue weighted by atomic mass is 16.5. The molecule has 0 aliphatic rings. The molecule has 0 fully saturated rings. The molecule has 0 spiro atoms. The molecule has 4 heteroatoms. The predicted molar refractivity (Wildman–Crippen MR) is 159 cm³/mol. The summed E-state index contributed by atoms with van der Waals surface area (Å²) < 4.78 is 25.1. The van der Waals surface area contributed by atoms with Crippen LogP contribution in [0, 0.1) is 0 Å². The molecule has 0 unspecified atom stereocenters. The van der Waals surface area contributed by atoms with Gasteiger partial charge in [-0.2, -0.15) is 0 Å². The van der Waals surface area contributed by atoms with Gasteiger partial charge in [-0.3, -0.25) is 0 Å². The Morgan fingerprint density at radius 3 is 1.61 bits per heavy atom. The maximum atomic E-state index is 6.35. The molecule has 2 aromatic heterocycles. The van der Waals surface area contributed by atoms with Gasteiger partial charge in [-0.1, -0.05) is 96.3 Å². The second-order valence-corrected chi connectivity index (χ2v) is 10.6. The van der Waals surface area contributed by atoms with Gasteiger partial charge in [-0.15, -0.1) is 0 Å². The molecule has 2 heterocycles. The van der Waals surface area contributed by atoms with Gasteiger partial charge in [0.1, 0.15) is 22.3 Å². The van der Waals surface area contributed by atoms with E-state index in [1.54, 1.807) is 0 Å². The van der Waals surface area contributed by atoms with Gasteiger partial charge in [0.2, 0.25) is 0 Å². The zero-order valence-electron chi connectivity index (χ0n) is 23.2. The van der Waals surface area contributed by atoms with Crippen LogP contribution in [0.4, 0.5) is 0 Å². The molecule has 4 nitrogen and oxygen atoms in total. The van der Waals surface area contributed by atoms with Gasteiger partial charge < -0.3 is 18.3 Å². The minimum atomic E-state index is 0.699. The van der Waals surface area contributed by atoms with E-state index in [0.29, 0.717) is 13.2 Å². The molecule has 0 N–H and O–H groups in total. The van der Waals surface area contributed by atoms with Crippen LogP contribution in [0.5, 0.6) is 11.5 Å². The maximum absolute atomic E-state index is 6.35. The molecule has 0 bridgehead atoms. The van der Waals surface area contributed by atoms with Crippen LogP contribution in [0.1, 0.15) is 90.9 Å². The second-order valence-electron chi connectivity index (χ2n) is 10.6. The summed E-state index contributed by atoms with van der Waals surface area (Å²) in [6.45, 7) is 5.91. The van der Waals surface area contributed by atoms with Crippen molar-refractivity contribution in [2.45, 2.75) is 90.9 Å². The van der Waals surface area contributed by atoms with Crippen LogP contribution in [-0.4, -0.2) is 13.2 Å². The van der Waals surface area contributed by atoms with E-state index in [9.17, 15) is 0 Å². The normalized spacial score (nSPS) is 11.8. The lowest BCUT2D eigenvalue weighted by atomic mass is 10.1. The Balaban J connectivity index is 1.37. The van der Waals surface area contributed by atoms with E-state index in [2.05, 4.69) is 38.1 Å². The van der Waals surface area contributed by atoms with Gasteiger partial charge in [-0.05, 0) is 37.1 Å². The van der Waals surface area contributed by atoms with Crippen molar-refractivity contribution in [3.63, 3.8) is 0 Å². The van der Waals surface area contributed by atoms with Crippen molar-refractivity contribution in [2.75, 3.05) is 13.2 Å². The zero-order chi connectivity index (χ0) is 26.2. The van der Waals surface area contributed by atoms with Gasteiger partial charge in [0.25, 0.3) is 0 Å². The minimum Gasteiger partial charge on any atom is -0.490 e. The number of rotatable bonds is 16. The van der Waals surface area contributed by atoms with Crippen LogP contribution in [-0.2, 0) is 0 Å². The van der Waals surface area contributed by atoms with E-state index >= 15 is 0 Å². The Kier molecular flexibility index (Phi) is 9.11. The van der Waals surface area contributed by atoms with Crippen LogP contribution in [0.2, 0.25) is 0 Å². The Morgan fingerprint density at radius 2 is 0.947 bits per heavy atom. The molecule has 202 valence electrons. The van der Waals surface area contributed by atoms with Crippen LogP contribution in [0.3, 0.4) is 0 Å². The highest BCUT2D eigenvalue weighted by Gasteiger charge is 2.17. The fourth-order valence-corrected chi connectivity index (χ4v) is 5.36. The number of benzene rings is 3. The summed E-state index contributed by atoms with van der Waals surface area (Å²) in [5, 5.41) is 4.26. The summed E-state index contributed by atoms with van der Waals surface area (Å²) in [6, 6.07) is 16.5. The minimum absolute atomic E-state index is 0.699. The van der Waals surface area contributed by atoms with Crippen LogP contribution in [0.15, 0.2) is 57.4 Å². The lowest BCUT2D eigenvalue weighted by Gasteiger charge is -2.13. The number of fused-ring (bicyclic) bond motifs is 6. The Morgan fingerprint density at radius 1 is 0.474 bits per heavy atom. The summed E-state index contributed by atoms with van der Waals surface area (Å²) in [6.07, 6.45) is 14.9. The average Bonchev–Trinajstić information content (AvgIpc) is 3.47. The highest BCUT2D eigenvalue weighted by molar-refractivity contribution is 6.15. The molecule has 0 atom stereocenters. The van der Waals surface area contributed by atoms with Crippen molar-refractivity contribution < 1.29 is 18.3 Å². The van der Waals surface area contributed by atoms with Gasteiger partial charge in [0.05, 0.1) is 13.2 Å². The van der Waals surface area contributed by atoms with Crippen molar-refractivity contribution in [3.05, 3.63) is 48.5 Å². The van der Waals surface area contributed by atoms with Crippen LogP contribution in [0.25, 0.3) is 43.9 Å². The number of ether oxygens (including phenoxy) is 2. The first kappa shape index (κ1) is 26.5. The van der Waals surface area contributed by atoms with Crippen molar-refractivity contribution in [2.24, 2.45) is 0 Å².